The molecule has 0 radical (unpaired) electrons. The van der Waals surface area contributed by atoms with Gasteiger partial charge in [0, 0.05) is 17.8 Å². The van der Waals surface area contributed by atoms with Gasteiger partial charge >= 0.3 is 0 Å². The molecule has 0 saturated heterocycles. The monoisotopic (exact) mass is 272 g/mol. The number of benzene rings is 2. The van der Waals surface area contributed by atoms with Crippen LogP contribution in [0.15, 0.2) is 47.6 Å². The minimum Gasteiger partial charge on any atom is -0.492 e. The fourth-order valence-electron chi connectivity index (χ4n) is 2.06. The number of ether oxygens (including phenoxy) is 1. The van der Waals surface area contributed by atoms with Crippen LogP contribution in [0.25, 0.3) is 10.8 Å². The van der Waals surface area contributed by atoms with Crippen molar-refractivity contribution in [1.29, 1.82) is 0 Å². The van der Waals surface area contributed by atoms with E-state index < -0.39 is 0 Å². The van der Waals surface area contributed by atoms with Gasteiger partial charge in [0.15, 0.2) is 0 Å². The number of oxime groups is 1. The minimum atomic E-state index is 0.235. The molecule has 0 heterocycles. The maximum absolute atomic E-state index is 8.91. The van der Waals surface area contributed by atoms with Crippen molar-refractivity contribution >= 4 is 16.6 Å². The molecule has 2 rings (SSSR count). The van der Waals surface area contributed by atoms with Crippen LogP contribution in [0.2, 0.25) is 0 Å². The third-order valence-corrected chi connectivity index (χ3v) is 2.92. The Kier molecular flexibility index (Phi) is 4.82. The number of hydrogen-bond donors (Lipinski definition) is 2. The Bertz CT molecular complexity index is 589. The van der Waals surface area contributed by atoms with Crippen LogP contribution in [0.1, 0.15) is 20.3 Å². The molecular weight excluding hydrogens is 252 g/mol. The molecule has 106 valence electrons. The van der Waals surface area contributed by atoms with E-state index in [-0.39, 0.29) is 6.04 Å². The Hall–Kier alpha value is -2.23. The number of nitrogens with zero attached hydrogens (tertiary/aromatic N) is 1. The lowest BCUT2D eigenvalue weighted by Crippen LogP contribution is -2.31. The second kappa shape index (κ2) is 6.80. The number of rotatable bonds is 5. The quantitative estimate of drug-likeness (QED) is 0.379. The van der Waals surface area contributed by atoms with Gasteiger partial charge in [-0.1, -0.05) is 41.6 Å². The van der Waals surface area contributed by atoms with E-state index in [0.717, 1.165) is 16.5 Å². The Morgan fingerprint density at radius 3 is 2.70 bits per heavy atom. The first-order valence-electron chi connectivity index (χ1n) is 6.78. The number of amidine groups is 1. The molecule has 4 heteroatoms. The van der Waals surface area contributed by atoms with Crippen LogP contribution < -0.4 is 10.1 Å². The second-order valence-corrected chi connectivity index (χ2v) is 4.92. The highest BCUT2D eigenvalue weighted by atomic mass is 16.5. The van der Waals surface area contributed by atoms with Crippen LogP contribution in [0.5, 0.6) is 5.75 Å². The lowest BCUT2D eigenvalue weighted by molar-refractivity contribution is 0.303. The molecule has 0 aromatic heterocycles. The third kappa shape index (κ3) is 3.63. The molecule has 2 aromatic rings. The molecule has 0 aliphatic rings. The summed E-state index contributed by atoms with van der Waals surface area (Å²) in [4.78, 5) is 0. The number of fused-ring (bicyclic) bond motifs is 1. The summed E-state index contributed by atoms with van der Waals surface area (Å²) in [6.07, 6.45) is 0.540. The van der Waals surface area contributed by atoms with Crippen LogP contribution in [0.3, 0.4) is 0 Å². The van der Waals surface area contributed by atoms with Gasteiger partial charge in [-0.05, 0) is 25.3 Å². The molecule has 20 heavy (non-hydrogen) atoms. The topological polar surface area (TPSA) is 53.8 Å². The fourth-order valence-corrected chi connectivity index (χ4v) is 2.06. The fraction of sp³-hybridized carbons (Fsp3) is 0.312. The van der Waals surface area contributed by atoms with Gasteiger partial charge in [0.05, 0.1) is 6.61 Å². The minimum absolute atomic E-state index is 0.235. The van der Waals surface area contributed by atoms with E-state index in [2.05, 4.69) is 22.6 Å². The third-order valence-electron chi connectivity index (χ3n) is 2.92. The van der Waals surface area contributed by atoms with Crippen LogP contribution in [0, 0.1) is 0 Å². The van der Waals surface area contributed by atoms with Gasteiger partial charge in [0.1, 0.15) is 11.6 Å². The summed E-state index contributed by atoms with van der Waals surface area (Å²) >= 11 is 0. The molecule has 2 aromatic carbocycles. The van der Waals surface area contributed by atoms with Crippen molar-refractivity contribution in [3.05, 3.63) is 42.5 Å². The van der Waals surface area contributed by atoms with Gasteiger partial charge in [-0.2, -0.15) is 0 Å². The van der Waals surface area contributed by atoms with Crippen molar-refractivity contribution in [2.75, 3.05) is 6.61 Å². The summed E-state index contributed by atoms with van der Waals surface area (Å²) in [5.74, 6) is 1.39. The molecule has 0 bridgehead atoms. The van der Waals surface area contributed by atoms with E-state index in [9.17, 15) is 0 Å². The first-order valence-corrected chi connectivity index (χ1v) is 6.78. The summed E-state index contributed by atoms with van der Waals surface area (Å²) in [6, 6.07) is 14.3. The smallest absolute Gasteiger partial charge is 0.145 e. The highest BCUT2D eigenvalue weighted by Crippen LogP contribution is 2.25. The highest BCUT2D eigenvalue weighted by molar-refractivity contribution is 5.88. The number of nitrogens with one attached hydrogen (secondary N) is 1. The van der Waals surface area contributed by atoms with Crippen molar-refractivity contribution in [2.24, 2.45) is 5.16 Å². The van der Waals surface area contributed by atoms with E-state index in [4.69, 9.17) is 9.94 Å². The molecule has 0 spiro atoms. The molecular formula is C16H20N2O2. The molecule has 0 aliphatic carbocycles. The maximum Gasteiger partial charge on any atom is 0.145 e. The van der Waals surface area contributed by atoms with Crippen LogP contribution >= 0.6 is 0 Å². The SMILES string of the molecule is CC(C)NC(CCOc1cccc2ccccc12)=NO. The van der Waals surface area contributed by atoms with Crippen LogP contribution in [-0.2, 0) is 0 Å². The zero-order valence-corrected chi connectivity index (χ0v) is 11.8. The van der Waals surface area contributed by atoms with Crippen molar-refractivity contribution < 1.29 is 9.94 Å². The first-order chi connectivity index (χ1) is 9.70. The van der Waals surface area contributed by atoms with Gasteiger partial charge in [-0.3, -0.25) is 0 Å². The van der Waals surface area contributed by atoms with E-state index in [1.807, 2.05) is 44.2 Å². The molecule has 4 nitrogen and oxygen atoms in total. The van der Waals surface area contributed by atoms with Gasteiger partial charge in [0.2, 0.25) is 0 Å². The predicted octanol–water partition coefficient (Wildman–Crippen LogP) is 3.39. The molecule has 0 unspecified atom stereocenters. The van der Waals surface area contributed by atoms with E-state index in [1.165, 1.54) is 0 Å². The summed E-state index contributed by atoms with van der Waals surface area (Å²) in [6.45, 7) is 4.46. The van der Waals surface area contributed by atoms with Crippen molar-refractivity contribution in [3.8, 4) is 5.75 Å². The predicted molar refractivity (Wildman–Crippen MR) is 81.6 cm³/mol. The second-order valence-electron chi connectivity index (χ2n) is 4.92. The summed E-state index contributed by atoms with van der Waals surface area (Å²) in [5.41, 5.74) is 0. The van der Waals surface area contributed by atoms with E-state index in [0.29, 0.717) is 18.9 Å². The average Bonchev–Trinajstić information content (AvgIpc) is 2.46. The molecule has 0 aliphatic heterocycles. The van der Waals surface area contributed by atoms with E-state index >= 15 is 0 Å². The van der Waals surface area contributed by atoms with E-state index in [1.54, 1.807) is 0 Å². The van der Waals surface area contributed by atoms with Crippen molar-refractivity contribution in [1.82, 2.24) is 5.32 Å². The largest absolute Gasteiger partial charge is 0.492 e. The summed E-state index contributed by atoms with van der Waals surface area (Å²) < 4.78 is 5.80. The van der Waals surface area contributed by atoms with Gasteiger partial charge in [0.25, 0.3) is 0 Å². The lowest BCUT2D eigenvalue weighted by Gasteiger charge is -2.13. The zero-order valence-electron chi connectivity index (χ0n) is 11.8. The Balaban J connectivity index is 1.99. The molecule has 2 N–H and O–H groups in total. The Morgan fingerprint density at radius 2 is 1.95 bits per heavy atom. The molecule has 0 amide bonds. The summed E-state index contributed by atoms with van der Waals surface area (Å²) in [5, 5.41) is 17.5. The van der Waals surface area contributed by atoms with Crippen LogP contribution in [-0.4, -0.2) is 23.7 Å². The summed E-state index contributed by atoms with van der Waals surface area (Å²) in [7, 11) is 0. The standard InChI is InChI=1S/C16H20N2O2/c1-12(2)17-16(18-19)10-11-20-15-9-5-7-13-6-3-4-8-14(13)15/h3-9,12,19H,10-11H2,1-2H3,(H,17,18). The number of hydrogen-bond acceptors (Lipinski definition) is 3. The van der Waals surface area contributed by atoms with Crippen LogP contribution in [0.4, 0.5) is 0 Å². The van der Waals surface area contributed by atoms with Crippen molar-refractivity contribution in [2.45, 2.75) is 26.3 Å². The maximum atomic E-state index is 8.91. The Labute approximate surface area is 119 Å². The normalized spacial score (nSPS) is 11.8. The molecule has 0 atom stereocenters. The first kappa shape index (κ1) is 14.2. The lowest BCUT2D eigenvalue weighted by atomic mass is 10.1. The van der Waals surface area contributed by atoms with Gasteiger partial charge in [-0.25, -0.2) is 0 Å². The Morgan fingerprint density at radius 1 is 1.20 bits per heavy atom. The van der Waals surface area contributed by atoms with Gasteiger partial charge in [-0.15, -0.1) is 0 Å². The average molecular weight is 272 g/mol. The zero-order chi connectivity index (χ0) is 14.4. The van der Waals surface area contributed by atoms with Crippen molar-refractivity contribution in [3.63, 3.8) is 0 Å². The highest BCUT2D eigenvalue weighted by Gasteiger charge is 2.04. The molecule has 0 saturated carbocycles. The molecule has 0 fully saturated rings. The van der Waals surface area contributed by atoms with Gasteiger partial charge < -0.3 is 15.3 Å².